The van der Waals surface area contributed by atoms with Gasteiger partial charge in [0, 0.05) is 6.42 Å². The number of unbranched alkanes of at least 4 members (excludes halogenated alkanes) is 48. The molecule has 12 unspecified atom stereocenters. The highest BCUT2D eigenvalue weighted by molar-refractivity contribution is 5.76. The summed E-state index contributed by atoms with van der Waals surface area (Å²) in [5.74, 6) is -0.200. The predicted octanol–water partition coefficient (Wildman–Crippen LogP) is 20.5. The van der Waals surface area contributed by atoms with Crippen LogP contribution in [0.2, 0.25) is 0 Å². The van der Waals surface area contributed by atoms with Crippen LogP contribution in [0.1, 0.15) is 386 Å². The number of ether oxygens (including phenoxy) is 4. The standard InChI is InChI=1S/C88H161NO13/c1-3-5-7-9-11-13-15-17-19-21-23-25-27-29-31-33-34-35-36-37-38-39-40-41-42-44-46-48-50-52-54-56-58-60-62-64-66-68-70-72-80(93)89-76(75-99-87-85(98)83(96)86(79(74-91)101-87)102-88-84(97)82(95)81(94)78(73-90)100-88)77(92)71-69-67-65-63-61-59-57-55-53-51-49-47-45-43-32-30-28-26-24-22-20-18-16-14-12-10-8-6-4-2/h5,7,11,13,17,19,23,25,29,31,34-35,76-79,81-88,90-92,94-98H,3-4,6,8-10,12,14-16,18,20-22,24,26-28,30,32-33,36-75H2,1-2H3,(H,89,93)/b7-5-,13-11-,19-17-,25-23-,31-29-,35-34-. The van der Waals surface area contributed by atoms with Crippen LogP contribution < -0.4 is 5.32 Å². The lowest BCUT2D eigenvalue weighted by Gasteiger charge is -2.46. The van der Waals surface area contributed by atoms with Gasteiger partial charge < -0.3 is 65.1 Å². The lowest BCUT2D eigenvalue weighted by atomic mass is 9.97. The Kier molecular flexibility index (Phi) is 66.8. The van der Waals surface area contributed by atoms with E-state index in [1.54, 1.807) is 0 Å². The van der Waals surface area contributed by atoms with Crippen molar-refractivity contribution in [3.63, 3.8) is 0 Å². The summed E-state index contributed by atoms with van der Waals surface area (Å²) >= 11 is 0. The number of rotatable bonds is 73. The quantitative estimate of drug-likeness (QED) is 0.0204. The molecule has 0 radical (unpaired) electrons. The SMILES string of the molecule is CC/C=C\C/C=C\C/C=C\C/C=C\C/C=C\C/C=C\CCCCCCCCCCCCCCCCCCCCCCC(=O)NC(COC1OC(CO)C(OC2OC(CO)C(O)C(O)C2O)C(O)C1O)C(O)CCCCCCCCCCCCCCCCCCCCCCCCCCCCCCC. The molecule has 2 heterocycles. The Balaban J connectivity index is 1.57. The molecule has 0 aromatic heterocycles. The molecule has 12 atom stereocenters. The summed E-state index contributed by atoms with van der Waals surface area (Å²) in [4.78, 5) is 13.4. The predicted molar refractivity (Wildman–Crippen MR) is 424 cm³/mol. The zero-order valence-corrected chi connectivity index (χ0v) is 65.6. The van der Waals surface area contributed by atoms with E-state index < -0.39 is 86.8 Å². The van der Waals surface area contributed by atoms with Crippen molar-refractivity contribution < 1.29 is 64.6 Å². The number of carbonyl (C=O) groups excluding carboxylic acids is 1. The molecule has 0 spiro atoms. The Bertz CT molecular complexity index is 1990. The zero-order valence-electron chi connectivity index (χ0n) is 65.6. The fourth-order valence-corrected chi connectivity index (χ4v) is 14.2. The van der Waals surface area contributed by atoms with Gasteiger partial charge in [-0.25, -0.2) is 0 Å². The van der Waals surface area contributed by atoms with Gasteiger partial charge in [-0.1, -0.05) is 389 Å². The Morgan fingerprint density at radius 1 is 0.363 bits per heavy atom. The van der Waals surface area contributed by atoms with E-state index in [0.29, 0.717) is 12.8 Å². The van der Waals surface area contributed by atoms with Crippen molar-refractivity contribution in [2.45, 2.75) is 460 Å². The van der Waals surface area contributed by atoms with Crippen LogP contribution in [0.15, 0.2) is 72.9 Å². The summed E-state index contributed by atoms with van der Waals surface area (Å²) in [5, 5.41) is 88.0. The molecule has 0 aromatic rings. The average molecular weight is 1440 g/mol. The first kappa shape index (κ1) is 95.5. The van der Waals surface area contributed by atoms with Gasteiger partial charge in [0.2, 0.25) is 5.91 Å². The van der Waals surface area contributed by atoms with E-state index in [1.165, 1.54) is 270 Å². The summed E-state index contributed by atoms with van der Waals surface area (Å²) in [6.45, 7) is 2.81. The van der Waals surface area contributed by atoms with E-state index in [9.17, 15) is 45.6 Å². The minimum atomic E-state index is -1.78. The highest BCUT2D eigenvalue weighted by Crippen LogP contribution is 2.31. The third-order valence-electron chi connectivity index (χ3n) is 20.9. The second-order valence-electron chi connectivity index (χ2n) is 30.3. The van der Waals surface area contributed by atoms with E-state index in [1.807, 2.05) is 0 Å². The maximum atomic E-state index is 13.4. The molecule has 2 aliphatic rings. The minimum absolute atomic E-state index is 0.200. The maximum Gasteiger partial charge on any atom is 0.220 e. The molecule has 0 aromatic carbocycles. The molecule has 0 bridgehead atoms. The molecule has 2 saturated heterocycles. The van der Waals surface area contributed by atoms with Crippen LogP contribution in [0.3, 0.4) is 0 Å². The normalized spacial score (nSPS) is 22.0. The number of allylic oxidation sites excluding steroid dienone is 12. The lowest BCUT2D eigenvalue weighted by Crippen LogP contribution is -2.65. The third kappa shape index (κ3) is 53.3. The average Bonchev–Trinajstić information content (AvgIpc) is 0.790. The summed E-state index contributed by atoms with van der Waals surface area (Å²) in [6.07, 6.45) is 82.4. The molecule has 14 heteroatoms. The highest BCUT2D eigenvalue weighted by atomic mass is 16.7. The van der Waals surface area contributed by atoms with Gasteiger partial charge >= 0.3 is 0 Å². The number of carbonyl (C=O) groups is 1. The van der Waals surface area contributed by atoms with E-state index in [0.717, 1.165) is 89.9 Å². The smallest absolute Gasteiger partial charge is 0.220 e. The van der Waals surface area contributed by atoms with Crippen LogP contribution in [-0.4, -0.2) is 140 Å². The lowest BCUT2D eigenvalue weighted by molar-refractivity contribution is -0.359. The molecular weight excluding hydrogens is 1280 g/mol. The summed E-state index contributed by atoms with van der Waals surface area (Å²) in [7, 11) is 0. The van der Waals surface area contributed by atoms with Crippen LogP contribution in [0.4, 0.5) is 0 Å². The molecule has 1 amide bonds. The maximum absolute atomic E-state index is 13.4. The number of aliphatic hydroxyl groups excluding tert-OH is 8. The van der Waals surface area contributed by atoms with Crippen molar-refractivity contribution >= 4 is 5.91 Å². The number of aliphatic hydroxyl groups is 8. The summed E-state index contributed by atoms with van der Waals surface area (Å²) < 4.78 is 23.0. The van der Waals surface area contributed by atoms with Crippen molar-refractivity contribution in [3.8, 4) is 0 Å². The zero-order chi connectivity index (χ0) is 73.7. The molecule has 9 N–H and O–H groups in total. The summed E-state index contributed by atoms with van der Waals surface area (Å²) in [5.41, 5.74) is 0. The Morgan fingerprint density at radius 3 is 1.04 bits per heavy atom. The monoisotopic (exact) mass is 1440 g/mol. The van der Waals surface area contributed by atoms with Gasteiger partial charge in [-0.15, -0.1) is 0 Å². The van der Waals surface area contributed by atoms with Crippen molar-refractivity contribution in [3.05, 3.63) is 72.9 Å². The molecule has 102 heavy (non-hydrogen) atoms. The van der Waals surface area contributed by atoms with Crippen LogP contribution in [0.25, 0.3) is 0 Å². The second-order valence-corrected chi connectivity index (χ2v) is 30.3. The van der Waals surface area contributed by atoms with Gasteiger partial charge in [0.15, 0.2) is 12.6 Å². The number of nitrogens with one attached hydrogen (secondary N) is 1. The number of hydrogen-bond acceptors (Lipinski definition) is 13. The Hall–Kier alpha value is -2.57. The van der Waals surface area contributed by atoms with Crippen LogP contribution in [0, 0.1) is 0 Å². The second kappa shape index (κ2) is 71.4. The van der Waals surface area contributed by atoms with Gasteiger partial charge in [0.05, 0.1) is 32.0 Å². The van der Waals surface area contributed by atoms with Crippen molar-refractivity contribution in [2.75, 3.05) is 19.8 Å². The number of amides is 1. The third-order valence-corrected chi connectivity index (χ3v) is 20.9. The van der Waals surface area contributed by atoms with E-state index in [-0.39, 0.29) is 12.5 Å². The van der Waals surface area contributed by atoms with Gasteiger partial charge in [0.1, 0.15) is 48.8 Å². The van der Waals surface area contributed by atoms with E-state index in [4.69, 9.17) is 18.9 Å². The molecular formula is C88H161NO13. The molecule has 0 aliphatic carbocycles. The number of hydrogen-bond donors (Lipinski definition) is 9. The molecule has 596 valence electrons. The largest absolute Gasteiger partial charge is 0.394 e. The van der Waals surface area contributed by atoms with Crippen molar-refractivity contribution in [1.29, 1.82) is 0 Å². The first-order chi connectivity index (χ1) is 50.1. The molecule has 14 nitrogen and oxygen atoms in total. The fraction of sp³-hybridized carbons (Fsp3) is 0.852. The highest BCUT2D eigenvalue weighted by Gasteiger charge is 2.51. The van der Waals surface area contributed by atoms with E-state index in [2.05, 4.69) is 92.1 Å². The first-order valence-corrected chi connectivity index (χ1v) is 43.2. The topological polar surface area (TPSA) is 228 Å². The van der Waals surface area contributed by atoms with Gasteiger partial charge in [-0.05, 0) is 64.2 Å². The molecule has 2 aliphatic heterocycles. The van der Waals surface area contributed by atoms with Gasteiger partial charge in [-0.3, -0.25) is 4.79 Å². The first-order valence-electron chi connectivity index (χ1n) is 43.2. The van der Waals surface area contributed by atoms with Gasteiger partial charge in [0.25, 0.3) is 0 Å². The molecule has 0 saturated carbocycles. The fourth-order valence-electron chi connectivity index (χ4n) is 14.2. The molecule has 2 fully saturated rings. The van der Waals surface area contributed by atoms with Gasteiger partial charge in [-0.2, -0.15) is 0 Å². The van der Waals surface area contributed by atoms with Crippen LogP contribution in [-0.2, 0) is 23.7 Å². The van der Waals surface area contributed by atoms with Crippen molar-refractivity contribution in [2.24, 2.45) is 0 Å². The van der Waals surface area contributed by atoms with Crippen LogP contribution in [0.5, 0.6) is 0 Å². The van der Waals surface area contributed by atoms with Crippen molar-refractivity contribution in [1.82, 2.24) is 5.32 Å². The Labute approximate surface area is 625 Å². The Morgan fingerprint density at radius 2 is 0.676 bits per heavy atom. The minimum Gasteiger partial charge on any atom is -0.394 e. The van der Waals surface area contributed by atoms with Crippen LogP contribution >= 0.6 is 0 Å². The molecule has 2 rings (SSSR count). The summed E-state index contributed by atoms with van der Waals surface area (Å²) in [6, 6.07) is -0.832. The van der Waals surface area contributed by atoms with E-state index >= 15 is 0 Å².